The third kappa shape index (κ3) is 2.97. The van der Waals surface area contributed by atoms with Crippen molar-refractivity contribution in [2.75, 3.05) is 32.2 Å². The average Bonchev–Trinajstić information content (AvgIpc) is 2.26. The lowest BCUT2D eigenvalue weighted by molar-refractivity contribution is 0.206. The summed E-state index contributed by atoms with van der Waals surface area (Å²) in [5.74, 6) is 0.935. The van der Waals surface area contributed by atoms with Crippen molar-refractivity contribution in [3.8, 4) is 0 Å². The van der Waals surface area contributed by atoms with Gasteiger partial charge in [-0.2, -0.15) is 0 Å². The lowest BCUT2D eigenvalue weighted by Gasteiger charge is -2.17. The number of rotatable bonds is 5. The van der Waals surface area contributed by atoms with Crippen LogP contribution in [0.25, 0.3) is 0 Å². The van der Waals surface area contributed by atoms with E-state index in [1.165, 1.54) is 0 Å². The highest BCUT2D eigenvalue weighted by Gasteiger charge is 2.01. The van der Waals surface area contributed by atoms with Crippen molar-refractivity contribution in [3.05, 3.63) is 23.9 Å². The Balaban J connectivity index is 2.64. The molecule has 2 N–H and O–H groups in total. The molecule has 0 saturated carbocycles. The number of nitrogens with zero attached hydrogens (tertiary/aromatic N) is 2. The van der Waals surface area contributed by atoms with Crippen molar-refractivity contribution >= 4 is 5.82 Å². The third-order valence-corrected chi connectivity index (χ3v) is 2.02. The molecule has 1 aromatic heterocycles. The van der Waals surface area contributed by atoms with E-state index in [4.69, 9.17) is 10.5 Å². The predicted molar refractivity (Wildman–Crippen MR) is 57.3 cm³/mol. The molecule has 0 radical (unpaired) electrons. The molecule has 0 aliphatic heterocycles. The number of hydrogen-bond donors (Lipinski definition) is 1. The number of hydrogen-bond acceptors (Lipinski definition) is 4. The second-order valence-electron chi connectivity index (χ2n) is 3.11. The maximum atomic E-state index is 5.51. The van der Waals surface area contributed by atoms with E-state index in [0.29, 0.717) is 13.2 Å². The van der Waals surface area contributed by atoms with Crippen LogP contribution in [0.1, 0.15) is 5.69 Å². The zero-order chi connectivity index (χ0) is 10.4. The van der Waals surface area contributed by atoms with Gasteiger partial charge in [-0.1, -0.05) is 6.07 Å². The fraction of sp³-hybridized carbons (Fsp3) is 0.500. The van der Waals surface area contributed by atoms with Gasteiger partial charge < -0.3 is 15.4 Å². The molecular formula is C10H17N3O. The predicted octanol–water partition coefficient (Wildman–Crippen LogP) is 0.623. The molecule has 0 unspecified atom stereocenters. The summed E-state index contributed by atoms with van der Waals surface area (Å²) in [7, 11) is 3.68. The summed E-state index contributed by atoms with van der Waals surface area (Å²) in [6.45, 7) is 2.01. The quantitative estimate of drug-likeness (QED) is 0.748. The number of methoxy groups -OCH3 is 1. The number of anilines is 1. The van der Waals surface area contributed by atoms with Gasteiger partial charge in [0.25, 0.3) is 0 Å². The Kier molecular flexibility index (Phi) is 4.35. The molecule has 78 valence electrons. The van der Waals surface area contributed by atoms with Crippen molar-refractivity contribution in [2.45, 2.75) is 6.54 Å². The Morgan fingerprint density at radius 3 is 2.93 bits per heavy atom. The van der Waals surface area contributed by atoms with Gasteiger partial charge >= 0.3 is 0 Å². The normalized spacial score (nSPS) is 10.2. The Labute approximate surface area is 84.7 Å². The summed E-state index contributed by atoms with van der Waals surface area (Å²) in [5, 5.41) is 0. The molecule has 0 bridgehead atoms. The zero-order valence-corrected chi connectivity index (χ0v) is 8.73. The first kappa shape index (κ1) is 10.9. The smallest absolute Gasteiger partial charge is 0.128 e. The van der Waals surface area contributed by atoms with Gasteiger partial charge in [0, 0.05) is 27.2 Å². The largest absolute Gasteiger partial charge is 0.383 e. The summed E-state index contributed by atoms with van der Waals surface area (Å²) >= 11 is 0. The Morgan fingerprint density at radius 2 is 2.29 bits per heavy atom. The fourth-order valence-electron chi connectivity index (χ4n) is 1.14. The van der Waals surface area contributed by atoms with Crippen LogP contribution in [0.2, 0.25) is 0 Å². The van der Waals surface area contributed by atoms with Gasteiger partial charge in [-0.05, 0) is 12.1 Å². The van der Waals surface area contributed by atoms with Crippen molar-refractivity contribution in [1.29, 1.82) is 0 Å². The van der Waals surface area contributed by atoms with E-state index >= 15 is 0 Å². The van der Waals surface area contributed by atoms with Gasteiger partial charge in [-0.15, -0.1) is 0 Å². The monoisotopic (exact) mass is 195 g/mol. The van der Waals surface area contributed by atoms with Gasteiger partial charge in [0.05, 0.1) is 12.3 Å². The molecule has 4 heteroatoms. The van der Waals surface area contributed by atoms with Crippen LogP contribution in [0.3, 0.4) is 0 Å². The first-order valence-corrected chi connectivity index (χ1v) is 4.64. The Hall–Kier alpha value is -1.13. The van der Waals surface area contributed by atoms with Gasteiger partial charge in [-0.25, -0.2) is 4.98 Å². The van der Waals surface area contributed by atoms with Gasteiger partial charge in [0.1, 0.15) is 5.82 Å². The third-order valence-electron chi connectivity index (χ3n) is 2.02. The lowest BCUT2D eigenvalue weighted by Crippen LogP contribution is -2.23. The second-order valence-corrected chi connectivity index (χ2v) is 3.11. The van der Waals surface area contributed by atoms with Crippen LogP contribution in [-0.4, -0.2) is 32.3 Å². The van der Waals surface area contributed by atoms with E-state index in [9.17, 15) is 0 Å². The van der Waals surface area contributed by atoms with Crippen molar-refractivity contribution in [2.24, 2.45) is 5.73 Å². The van der Waals surface area contributed by atoms with Gasteiger partial charge in [0.15, 0.2) is 0 Å². The van der Waals surface area contributed by atoms with Crippen LogP contribution in [0, 0.1) is 0 Å². The molecule has 0 saturated heterocycles. The maximum absolute atomic E-state index is 5.51. The van der Waals surface area contributed by atoms with Crippen LogP contribution >= 0.6 is 0 Å². The van der Waals surface area contributed by atoms with Gasteiger partial charge in [-0.3, -0.25) is 0 Å². The van der Waals surface area contributed by atoms with E-state index in [1.807, 2.05) is 30.1 Å². The maximum Gasteiger partial charge on any atom is 0.128 e. The number of aromatic nitrogens is 1. The lowest BCUT2D eigenvalue weighted by atomic mass is 10.3. The van der Waals surface area contributed by atoms with Crippen molar-refractivity contribution in [3.63, 3.8) is 0 Å². The van der Waals surface area contributed by atoms with Crippen LogP contribution in [-0.2, 0) is 11.3 Å². The standard InChI is InChI=1S/C10H17N3O/c1-13(6-7-14-2)10-5-3-4-9(8-11)12-10/h3-5H,6-8,11H2,1-2H3. The van der Waals surface area contributed by atoms with Crippen LogP contribution in [0.15, 0.2) is 18.2 Å². The number of likely N-dealkylation sites (N-methyl/N-ethyl adjacent to an activating group) is 1. The first-order chi connectivity index (χ1) is 6.77. The van der Waals surface area contributed by atoms with Crippen molar-refractivity contribution in [1.82, 2.24) is 4.98 Å². The summed E-state index contributed by atoms with van der Waals surface area (Å²) < 4.78 is 5.00. The Morgan fingerprint density at radius 1 is 1.50 bits per heavy atom. The molecule has 0 atom stereocenters. The molecule has 1 heterocycles. The SMILES string of the molecule is COCCN(C)c1cccc(CN)n1. The van der Waals surface area contributed by atoms with E-state index < -0.39 is 0 Å². The van der Waals surface area contributed by atoms with E-state index in [2.05, 4.69) is 4.98 Å². The molecule has 0 aliphatic carbocycles. The van der Waals surface area contributed by atoms with Crippen LogP contribution < -0.4 is 10.6 Å². The molecule has 0 spiro atoms. The van der Waals surface area contributed by atoms with Crippen LogP contribution in [0.4, 0.5) is 5.82 Å². The van der Waals surface area contributed by atoms with E-state index in [-0.39, 0.29) is 0 Å². The average molecular weight is 195 g/mol. The summed E-state index contributed by atoms with van der Waals surface area (Å²) in [6, 6.07) is 5.86. The zero-order valence-electron chi connectivity index (χ0n) is 8.73. The first-order valence-electron chi connectivity index (χ1n) is 4.64. The number of pyridine rings is 1. The second kappa shape index (κ2) is 5.57. The molecule has 1 aromatic rings. The summed E-state index contributed by atoms with van der Waals surface area (Å²) in [6.07, 6.45) is 0. The highest BCUT2D eigenvalue weighted by molar-refractivity contribution is 5.38. The number of ether oxygens (including phenoxy) is 1. The fourth-order valence-corrected chi connectivity index (χ4v) is 1.14. The van der Waals surface area contributed by atoms with Crippen LogP contribution in [0.5, 0.6) is 0 Å². The number of nitrogens with two attached hydrogens (primary N) is 1. The minimum absolute atomic E-state index is 0.478. The molecule has 0 fully saturated rings. The minimum Gasteiger partial charge on any atom is -0.383 e. The topological polar surface area (TPSA) is 51.4 Å². The minimum atomic E-state index is 0.478. The highest BCUT2D eigenvalue weighted by Crippen LogP contribution is 2.08. The molecule has 0 aromatic carbocycles. The van der Waals surface area contributed by atoms with Gasteiger partial charge in [0.2, 0.25) is 0 Å². The summed E-state index contributed by atoms with van der Waals surface area (Å²) in [5.41, 5.74) is 6.42. The molecule has 1 rings (SSSR count). The van der Waals surface area contributed by atoms with Crippen molar-refractivity contribution < 1.29 is 4.74 Å². The van der Waals surface area contributed by atoms with E-state index in [1.54, 1.807) is 7.11 Å². The van der Waals surface area contributed by atoms with E-state index in [0.717, 1.165) is 18.1 Å². The molecule has 0 amide bonds. The molecular weight excluding hydrogens is 178 g/mol. The molecule has 0 aliphatic rings. The Bertz CT molecular complexity index is 278. The molecule has 14 heavy (non-hydrogen) atoms. The highest BCUT2D eigenvalue weighted by atomic mass is 16.5. The molecule has 4 nitrogen and oxygen atoms in total. The summed E-state index contributed by atoms with van der Waals surface area (Å²) in [4.78, 5) is 6.43.